The third-order valence-electron chi connectivity index (χ3n) is 3.54. The number of aromatic nitrogens is 1. The van der Waals surface area contributed by atoms with E-state index in [1.165, 1.54) is 18.4 Å². The highest BCUT2D eigenvalue weighted by Gasteiger charge is 2.22. The lowest BCUT2D eigenvalue weighted by molar-refractivity contribution is 0.548. The van der Waals surface area contributed by atoms with Gasteiger partial charge in [-0.05, 0) is 67.7 Å². The molecule has 0 aliphatic carbocycles. The molecule has 0 bridgehead atoms. The highest BCUT2D eigenvalue weighted by molar-refractivity contribution is 9.10. The van der Waals surface area contributed by atoms with Gasteiger partial charge >= 0.3 is 0 Å². The first kappa shape index (κ1) is 13.8. The normalized spacial score (nSPS) is 19.5. The molecule has 4 heteroatoms. The second-order valence-electron chi connectivity index (χ2n) is 5.30. The topological polar surface area (TPSA) is 28.2 Å². The molecule has 1 atom stereocenters. The first-order valence-corrected chi connectivity index (χ1v) is 7.50. The quantitative estimate of drug-likeness (QED) is 0.926. The van der Waals surface area contributed by atoms with Gasteiger partial charge in [-0.2, -0.15) is 0 Å². The Kier molecular flexibility index (Phi) is 4.62. The molecule has 0 amide bonds. The lowest BCUT2D eigenvalue weighted by Crippen LogP contribution is -2.42. The minimum atomic E-state index is 0.456. The summed E-state index contributed by atoms with van der Waals surface area (Å²) in [7, 11) is 0. The summed E-state index contributed by atoms with van der Waals surface area (Å²) < 4.78 is 1.12. The average molecular weight is 312 g/mol. The van der Waals surface area contributed by atoms with Crippen molar-refractivity contribution in [3.05, 3.63) is 22.3 Å². The molecule has 1 aromatic rings. The van der Waals surface area contributed by atoms with E-state index < -0.39 is 0 Å². The fourth-order valence-electron chi connectivity index (χ4n) is 2.42. The van der Waals surface area contributed by atoms with Gasteiger partial charge in [0.1, 0.15) is 5.82 Å². The van der Waals surface area contributed by atoms with Crippen LogP contribution in [0.1, 0.15) is 32.3 Å². The summed E-state index contributed by atoms with van der Waals surface area (Å²) in [6.07, 6.45) is 4.46. The van der Waals surface area contributed by atoms with Crippen LogP contribution in [0.4, 0.5) is 5.82 Å². The van der Waals surface area contributed by atoms with E-state index in [2.05, 4.69) is 51.9 Å². The van der Waals surface area contributed by atoms with Crippen LogP contribution in [0, 0.1) is 6.92 Å². The van der Waals surface area contributed by atoms with Gasteiger partial charge in [0.25, 0.3) is 0 Å². The zero-order chi connectivity index (χ0) is 13.1. The van der Waals surface area contributed by atoms with Crippen LogP contribution in [0.2, 0.25) is 0 Å². The molecule has 1 saturated heterocycles. The number of pyridine rings is 1. The fraction of sp³-hybridized carbons (Fsp3) is 0.643. The summed E-state index contributed by atoms with van der Waals surface area (Å²) in [5, 5.41) is 3.56. The Hall–Kier alpha value is -0.610. The van der Waals surface area contributed by atoms with Crippen LogP contribution in [-0.4, -0.2) is 30.2 Å². The van der Waals surface area contributed by atoms with Gasteiger partial charge in [-0.25, -0.2) is 4.98 Å². The molecule has 0 spiro atoms. The van der Waals surface area contributed by atoms with Gasteiger partial charge in [-0.15, -0.1) is 0 Å². The van der Waals surface area contributed by atoms with Crippen LogP contribution < -0.4 is 10.2 Å². The van der Waals surface area contributed by atoms with Crippen LogP contribution in [0.5, 0.6) is 0 Å². The molecule has 1 N–H and O–H groups in total. The smallest absolute Gasteiger partial charge is 0.143 e. The lowest BCUT2D eigenvalue weighted by Gasteiger charge is -2.31. The molecule has 3 nitrogen and oxygen atoms in total. The van der Waals surface area contributed by atoms with Crippen molar-refractivity contribution in [1.29, 1.82) is 0 Å². The number of halogens is 1. The highest BCUT2D eigenvalue weighted by Crippen LogP contribution is 2.28. The lowest BCUT2D eigenvalue weighted by atomic mass is 10.2. The highest BCUT2D eigenvalue weighted by atomic mass is 79.9. The van der Waals surface area contributed by atoms with Crippen LogP contribution in [0.15, 0.2) is 16.7 Å². The fourth-order valence-corrected chi connectivity index (χ4v) is 2.88. The van der Waals surface area contributed by atoms with Gasteiger partial charge in [-0.3, -0.25) is 0 Å². The van der Waals surface area contributed by atoms with Gasteiger partial charge in [0.05, 0.1) is 4.47 Å². The number of aryl methyl sites for hydroxylation is 1. The molecule has 100 valence electrons. The van der Waals surface area contributed by atoms with Crippen molar-refractivity contribution in [2.24, 2.45) is 0 Å². The summed E-state index contributed by atoms with van der Waals surface area (Å²) >= 11 is 3.67. The van der Waals surface area contributed by atoms with Crippen molar-refractivity contribution in [3.63, 3.8) is 0 Å². The second kappa shape index (κ2) is 6.02. The van der Waals surface area contributed by atoms with E-state index >= 15 is 0 Å². The van der Waals surface area contributed by atoms with Crippen molar-refractivity contribution in [2.75, 3.05) is 18.0 Å². The third kappa shape index (κ3) is 3.04. The zero-order valence-corrected chi connectivity index (χ0v) is 13.0. The summed E-state index contributed by atoms with van der Waals surface area (Å²) in [5.74, 6) is 1.07. The van der Waals surface area contributed by atoms with Crippen molar-refractivity contribution < 1.29 is 0 Å². The summed E-state index contributed by atoms with van der Waals surface area (Å²) in [5.41, 5.74) is 1.24. The number of nitrogens with one attached hydrogen (secondary N) is 1. The average Bonchev–Trinajstić information content (AvgIpc) is 2.83. The molecule has 1 aliphatic heterocycles. The maximum Gasteiger partial charge on any atom is 0.143 e. The molecule has 2 rings (SSSR count). The zero-order valence-electron chi connectivity index (χ0n) is 11.4. The molecule has 18 heavy (non-hydrogen) atoms. The Morgan fingerprint density at radius 2 is 2.33 bits per heavy atom. The van der Waals surface area contributed by atoms with E-state index in [1.54, 1.807) is 0 Å². The van der Waals surface area contributed by atoms with E-state index in [1.807, 2.05) is 12.3 Å². The van der Waals surface area contributed by atoms with Crippen LogP contribution in [0.25, 0.3) is 0 Å². The van der Waals surface area contributed by atoms with Gasteiger partial charge in [-0.1, -0.05) is 0 Å². The molecule has 1 unspecified atom stereocenters. The van der Waals surface area contributed by atoms with Crippen LogP contribution >= 0.6 is 15.9 Å². The maximum atomic E-state index is 4.55. The summed E-state index contributed by atoms with van der Waals surface area (Å²) in [6.45, 7) is 8.75. The molecule has 1 aromatic heterocycles. The second-order valence-corrected chi connectivity index (χ2v) is 6.10. The van der Waals surface area contributed by atoms with Gasteiger partial charge in [0, 0.05) is 24.8 Å². The first-order chi connectivity index (χ1) is 8.59. The minimum Gasteiger partial charge on any atom is -0.352 e. The Labute approximate surface area is 118 Å². The minimum absolute atomic E-state index is 0.456. The SMILES string of the molecule is Cc1ccnc(N(CC2CCCN2)C(C)C)c1Br. The molecule has 2 heterocycles. The molecule has 0 aromatic carbocycles. The van der Waals surface area contributed by atoms with Crippen molar-refractivity contribution in [2.45, 2.75) is 45.7 Å². The van der Waals surface area contributed by atoms with Gasteiger partial charge in [0.2, 0.25) is 0 Å². The predicted molar refractivity (Wildman–Crippen MR) is 80.2 cm³/mol. The maximum absolute atomic E-state index is 4.55. The standard InChI is InChI=1S/C14H22BrN3/c1-10(2)18(9-12-5-4-7-16-12)14-13(15)11(3)6-8-17-14/h6,8,10,12,16H,4-5,7,9H2,1-3H3. The van der Waals surface area contributed by atoms with Gasteiger partial charge in [0.15, 0.2) is 0 Å². The molecule has 1 fully saturated rings. The number of rotatable bonds is 4. The van der Waals surface area contributed by atoms with Crippen molar-refractivity contribution in [3.8, 4) is 0 Å². The number of hydrogen-bond acceptors (Lipinski definition) is 3. The van der Waals surface area contributed by atoms with E-state index in [0.717, 1.165) is 23.4 Å². The van der Waals surface area contributed by atoms with E-state index in [-0.39, 0.29) is 0 Å². The Morgan fingerprint density at radius 1 is 1.56 bits per heavy atom. The first-order valence-electron chi connectivity index (χ1n) is 6.70. The molecule has 0 radical (unpaired) electrons. The van der Waals surface area contributed by atoms with E-state index in [9.17, 15) is 0 Å². The van der Waals surface area contributed by atoms with Crippen LogP contribution in [-0.2, 0) is 0 Å². The number of nitrogens with zero attached hydrogens (tertiary/aromatic N) is 2. The summed E-state index contributed by atoms with van der Waals surface area (Å²) in [4.78, 5) is 6.94. The Bertz CT molecular complexity index is 400. The monoisotopic (exact) mass is 311 g/mol. The van der Waals surface area contributed by atoms with E-state index in [4.69, 9.17) is 0 Å². The van der Waals surface area contributed by atoms with Crippen molar-refractivity contribution >= 4 is 21.7 Å². The predicted octanol–water partition coefficient (Wildman–Crippen LogP) is 3.12. The summed E-state index contributed by atoms with van der Waals surface area (Å²) in [6, 6.07) is 3.10. The molecular weight excluding hydrogens is 290 g/mol. The van der Waals surface area contributed by atoms with Crippen molar-refractivity contribution in [1.82, 2.24) is 10.3 Å². The number of anilines is 1. The molecule has 0 saturated carbocycles. The molecular formula is C14H22BrN3. The third-order valence-corrected chi connectivity index (χ3v) is 4.52. The number of hydrogen-bond donors (Lipinski definition) is 1. The van der Waals surface area contributed by atoms with Gasteiger partial charge < -0.3 is 10.2 Å². The largest absolute Gasteiger partial charge is 0.352 e. The van der Waals surface area contributed by atoms with E-state index in [0.29, 0.717) is 12.1 Å². The van der Waals surface area contributed by atoms with Crippen LogP contribution in [0.3, 0.4) is 0 Å². The Morgan fingerprint density at radius 3 is 2.94 bits per heavy atom. The Balaban J connectivity index is 2.20. The molecule has 1 aliphatic rings.